The van der Waals surface area contributed by atoms with Crippen molar-refractivity contribution in [1.82, 2.24) is 10.6 Å². The molecule has 3 rings (SSSR count). The Morgan fingerprint density at radius 2 is 1.96 bits per heavy atom. The van der Waals surface area contributed by atoms with Crippen molar-refractivity contribution in [1.29, 1.82) is 0 Å². The molecule has 1 aliphatic carbocycles. The Labute approximate surface area is 144 Å². The van der Waals surface area contributed by atoms with Crippen LogP contribution in [0.1, 0.15) is 49.5 Å². The summed E-state index contributed by atoms with van der Waals surface area (Å²) < 4.78 is 0. The summed E-state index contributed by atoms with van der Waals surface area (Å²) in [6.07, 6.45) is 0. The lowest BCUT2D eigenvalue weighted by Gasteiger charge is -2.27. The zero-order valence-corrected chi connectivity index (χ0v) is 14.5. The van der Waals surface area contributed by atoms with Gasteiger partial charge in [0.05, 0.1) is 4.92 Å². The first-order chi connectivity index (χ1) is 11.7. The number of nitro groups is 1. The van der Waals surface area contributed by atoms with Gasteiger partial charge in [0.25, 0.3) is 5.69 Å². The molecular formula is C18H19N3O4. The molecule has 0 radical (unpaired) electrons. The molecule has 7 heteroatoms. The second kappa shape index (κ2) is 5.84. The van der Waals surface area contributed by atoms with Gasteiger partial charge >= 0.3 is 0 Å². The van der Waals surface area contributed by atoms with E-state index in [4.69, 9.17) is 0 Å². The number of Topliss-reactive ketones (excluding diaryl/α,β-unsaturated/α-hetero) is 1. The van der Waals surface area contributed by atoms with Crippen LogP contribution in [0.5, 0.6) is 0 Å². The zero-order chi connectivity index (χ0) is 18.5. The number of non-ortho nitro benzene ring substituents is 1. The van der Waals surface area contributed by atoms with Crippen LogP contribution in [0.2, 0.25) is 0 Å². The zero-order valence-electron chi connectivity index (χ0n) is 14.5. The number of nitrogens with zero attached hydrogens (tertiary/aromatic N) is 1. The van der Waals surface area contributed by atoms with E-state index in [1.165, 1.54) is 12.1 Å². The van der Waals surface area contributed by atoms with E-state index < -0.39 is 10.8 Å². The van der Waals surface area contributed by atoms with Gasteiger partial charge in [0.1, 0.15) is 0 Å². The first-order valence-corrected chi connectivity index (χ1v) is 8.04. The molecule has 0 spiro atoms. The van der Waals surface area contributed by atoms with Gasteiger partial charge in [-0.2, -0.15) is 0 Å². The maximum absolute atomic E-state index is 12.8. The number of nitro benzene ring substituents is 1. The summed E-state index contributed by atoms with van der Waals surface area (Å²) in [4.78, 5) is 36.1. The molecule has 1 aliphatic heterocycles. The molecule has 0 aromatic heterocycles. The molecule has 2 N–H and O–H groups in total. The minimum absolute atomic E-state index is 0.0447. The lowest BCUT2D eigenvalue weighted by atomic mass is 9.84. The van der Waals surface area contributed by atoms with Crippen molar-refractivity contribution in [3.05, 3.63) is 62.0 Å². The molecule has 1 aromatic rings. The van der Waals surface area contributed by atoms with Crippen molar-refractivity contribution in [2.75, 3.05) is 0 Å². The van der Waals surface area contributed by atoms with E-state index in [0.29, 0.717) is 33.7 Å². The first-order valence-electron chi connectivity index (χ1n) is 8.04. The molecule has 0 saturated heterocycles. The van der Waals surface area contributed by atoms with Gasteiger partial charge in [-0.3, -0.25) is 19.7 Å². The smallest absolute Gasteiger partial charge is 0.270 e. The molecule has 2 aliphatic rings. The van der Waals surface area contributed by atoms with Gasteiger partial charge in [-0.05, 0) is 33.3 Å². The largest absolute Gasteiger partial charge is 0.362 e. The molecule has 130 valence electrons. The molecule has 1 heterocycles. The number of carbonyl (C=O) groups excluding carboxylic acids is 2. The SMILES string of the molecule is CC1=C(C(=O)NC(C)C)C2C(=C(C)N1)C(=O)c1cc([N+](=O)[O-])ccc12. The number of dihydropyridines is 1. The van der Waals surface area contributed by atoms with Crippen LogP contribution < -0.4 is 10.6 Å². The molecule has 0 fully saturated rings. The van der Waals surface area contributed by atoms with Crippen LogP contribution in [-0.2, 0) is 4.79 Å². The highest BCUT2D eigenvalue weighted by atomic mass is 16.6. The number of hydrogen-bond donors (Lipinski definition) is 2. The van der Waals surface area contributed by atoms with E-state index in [1.54, 1.807) is 19.9 Å². The Kier molecular flexibility index (Phi) is 3.94. The van der Waals surface area contributed by atoms with Crippen LogP contribution in [0.15, 0.2) is 40.7 Å². The molecule has 1 atom stereocenters. The maximum atomic E-state index is 12.8. The number of carbonyl (C=O) groups is 2. The van der Waals surface area contributed by atoms with Gasteiger partial charge < -0.3 is 10.6 Å². The van der Waals surface area contributed by atoms with Gasteiger partial charge in [0, 0.05) is 52.2 Å². The van der Waals surface area contributed by atoms with Crippen LogP contribution in [0, 0.1) is 10.1 Å². The summed E-state index contributed by atoms with van der Waals surface area (Å²) in [6.45, 7) is 7.30. The highest BCUT2D eigenvalue weighted by Gasteiger charge is 2.44. The highest BCUT2D eigenvalue weighted by molar-refractivity contribution is 6.18. The Morgan fingerprint density at radius 1 is 1.28 bits per heavy atom. The Balaban J connectivity index is 2.17. The summed E-state index contributed by atoms with van der Waals surface area (Å²) in [5.41, 5.74) is 3.12. The molecule has 0 bridgehead atoms. The number of fused-ring (bicyclic) bond motifs is 3. The summed E-state index contributed by atoms with van der Waals surface area (Å²) in [5.74, 6) is -1.01. The standard InChI is InChI=1S/C18H19N3O4/c1-8(2)19-18(23)15-10(4)20-9(3)14-16(15)12-6-5-11(21(24)25)7-13(12)17(14)22/h5-8,16,20H,1-4H3,(H,19,23). The van der Waals surface area contributed by atoms with Crippen molar-refractivity contribution in [2.24, 2.45) is 0 Å². The van der Waals surface area contributed by atoms with E-state index in [-0.39, 0.29) is 23.4 Å². The second-order valence-corrected chi connectivity index (χ2v) is 6.62. The maximum Gasteiger partial charge on any atom is 0.270 e. The van der Waals surface area contributed by atoms with Crippen LogP contribution >= 0.6 is 0 Å². The predicted octanol–water partition coefficient (Wildman–Crippen LogP) is 2.55. The van der Waals surface area contributed by atoms with E-state index in [1.807, 2.05) is 13.8 Å². The van der Waals surface area contributed by atoms with Gasteiger partial charge in [-0.1, -0.05) is 6.07 Å². The summed E-state index contributed by atoms with van der Waals surface area (Å²) in [7, 11) is 0. The van der Waals surface area contributed by atoms with Crippen LogP contribution in [0.25, 0.3) is 0 Å². The van der Waals surface area contributed by atoms with Gasteiger partial charge in [-0.25, -0.2) is 0 Å². The van der Waals surface area contributed by atoms with E-state index in [9.17, 15) is 19.7 Å². The second-order valence-electron chi connectivity index (χ2n) is 6.62. The van der Waals surface area contributed by atoms with Crippen LogP contribution in [-0.4, -0.2) is 22.7 Å². The van der Waals surface area contributed by atoms with Crippen molar-refractivity contribution >= 4 is 17.4 Å². The lowest BCUT2D eigenvalue weighted by Crippen LogP contribution is -2.37. The van der Waals surface area contributed by atoms with E-state index >= 15 is 0 Å². The highest BCUT2D eigenvalue weighted by Crippen LogP contribution is 2.47. The number of benzene rings is 1. The number of rotatable bonds is 3. The monoisotopic (exact) mass is 341 g/mol. The first kappa shape index (κ1) is 16.9. The molecule has 1 amide bonds. The Morgan fingerprint density at radius 3 is 2.56 bits per heavy atom. The fourth-order valence-corrected chi connectivity index (χ4v) is 3.50. The molecule has 25 heavy (non-hydrogen) atoms. The summed E-state index contributed by atoms with van der Waals surface area (Å²) >= 11 is 0. The van der Waals surface area contributed by atoms with Gasteiger partial charge in [0.15, 0.2) is 5.78 Å². The number of ketones is 1. The number of hydrogen-bond acceptors (Lipinski definition) is 5. The average molecular weight is 341 g/mol. The van der Waals surface area contributed by atoms with Crippen molar-refractivity contribution in [2.45, 2.75) is 39.7 Å². The predicted molar refractivity (Wildman–Crippen MR) is 92.0 cm³/mol. The quantitative estimate of drug-likeness (QED) is 0.650. The number of amides is 1. The Hall–Kier alpha value is -2.96. The number of nitrogens with one attached hydrogen (secondary N) is 2. The molecule has 0 saturated carbocycles. The third kappa shape index (κ3) is 2.61. The van der Waals surface area contributed by atoms with Crippen LogP contribution in [0.4, 0.5) is 5.69 Å². The summed E-state index contributed by atoms with van der Waals surface area (Å²) in [5, 5.41) is 17.0. The van der Waals surface area contributed by atoms with E-state index in [0.717, 1.165) is 0 Å². The average Bonchev–Trinajstić information content (AvgIpc) is 2.79. The normalized spacial score (nSPS) is 18.9. The number of allylic oxidation sites excluding steroid dienone is 3. The van der Waals surface area contributed by atoms with Crippen molar-refractivity contribution in [3.8, 4) is 0 Å². The summed E-state index contributed by atoms with van der Waals surface area (Å²) in [6, 6.07) is 4.21. The molecule has 1 unspecified atom stereocenters. The third-order valence-electron chi connectivity index (χ3n) is 4.47. The molecule has 1 aromatic carbocycles. The van der Waals surface area contributed by atoms with E-state index in [2.05, 4.69) is 10.6 Å². The van der Waals surface area contributed by atoms with Gasteiger partial charge in [-0.15, -0.1) is 0 Å². The lowest BCUT2D eigenvalue weighted by molar-refractivity contribution is -0.384. The minimum Gasteiger partial charge on any atom is -0.362 e. The van der Waals surface area contributed by atoms with Crippen molar-refractivity contribution in [3.63, 3.8) is 0 Å². The molecular weight excluding hydrogens is 322 g/mol. The third-order valence-corrected chi connectivity index (χ3v) is 4.47. The van der Waals surface area contributed by atoms with Crippen molar-refractivity contribution < 1.29 is 14.5 Å². The molecule has 7 nitrogen and oxygen atoms in total. The topological polar surface area (TPSA) is 101 Å². The van der Waals surface area contributed by atoms with Crippen LogP contribution in [0.3, 0.4) is 0 Å². The minimum atomic E-state index is -0.525. The fraction of sp³-hybridized carbons (Fsp3) is 0.333. The van der Waals surface area contributed by atoms with Gasteiger partial charge in [0.2, 0.25) is 5.91 Å². The fourth-order valence-electron chi connectivity index (χ4n) is 3.50. The Bertz CT molecular complexity index is 880.